The molecular formula is C13H18ClNOS2. The predicted molar refractivity (Wildman–Crippen MR) is 81.9 cm³/mol. The molecule has 1 aliphatic heterocycles. The summed E-state index contributed by atoms with van der Waals surface area (Å²) >= 11 is 9.54. The lowest BCUT2D eigenvalue weighted by Crippen LogP contribution is -2.47. The number of hydrogen-bond donors (Lipinski definition) is 1. The van der Waals surface area contributed by atoms with Crippen molar-refractivity contribution in [2.24, 2.45) is 0 Å². The van der Waals surface area contributed by atoms with Crippen LogP contribution in [0.3, 0.4) is 0 Å². The third-order valence-electron chi connectivity index (χ3n) is 3.10. The monoisotopic (exact) mass is 303 g/mol. The maximum Gasteiger partial charge on any atom is 0.0797 e. The Morgan fingerprint density at radius 3 is 3.17 bits per heavy atom. The van der Waals surface area contributed by atoms with Gasteiger partial charge in [-0.05, 0) is 25.2 Å². The lowest BCUT2D eigenvalue weighted by molar-refractivity contribution is 0.0936. The van der Waals surface area contributed by atoms with E-state index in [1.807, 2.05) is 36.0 Å². The minimum Gasteiger partial charge on any atom is -0.391 e. The number of nitrogens with zero attached hydrogens (tertiary/aromatic N) is 1. The molecule has 1 saturated heterocycles. The fraction of sp³-hybridized carbons (Fsp3) is 0.538. The summed E-state index contributed by atoms with van der Waals surface area (Å²) in [5.74, 6) is 2.91. The van der Waals surface area contributed by atoms with Crippen molar-refractivity contribution < 1.29 is 5.11 Å². The van der Waals surface area contributed by atoms with Gasteiger partial charge in [0, 0.05) is 39.8 Å². The van der Waals surface area contributed by atoms with Crippen LogP contribution in [0.15, 0.2) is 29.2 Å². The van der Waals surface area contributed by atoms with Gasteiger partial charge >= 0.3 is 0 Å². The topological polar surface area (TPSA) is 23.5 Å². The van der Waals surface area contributed by atoms with Gasteiger partial charge in [-0.15, -0.1) is 11.8 Å². The largest absolute Gasteiger partial charge is 0.391 e. The first-order valence-corrected chi connectivity index (χ1v) is 8.53. The van der Waals surface area contributed by atoms with Crippen LogP contribution >= 0.6 is 35.1 Å². The third-order valence-corrected chi connectivity index (χ3v) is 5.48. The summed E-state index contributed by atoms with van der Waals surface area (Å²) < 4.78 is 0. The molecule has 2 rings (SSSR count). The molecule has 0 radical (unpaired) electrons. The van der Waals surface area contributed by atoms with Crippen molar-refractivity contribution in [2.45, 2.75) is 17.0 Å². The maximum atomic E-state index is 10.3. The van der Waals surface area contributed by atoms with Gasteiger partial charge < -0.3 is 5.11 Å². The molecule has 18 heavy (non-hydrogen) atoms. The normalized spacial score (nSPS) is 22.9. The third kappa shape index (κ3) is 4.07. The van der Waals surface area contributed by atoms with Gasteiger partial charge in [-0.1, -0.05) is 17.7 Å². The molecule has 1 aromatic carbocycles. The number of aliphatic hydroxyl groups excluding tert-OH is 1. The SMILES string of the molecule is CN1CCSCC1C(O)CSc1cccc(Cl)c1. The van der Waals surface area contributed by atoms with E-state index in [0.717, 1.165) is 28.0 Å². The molecule has 0 spiro atoms. The number of benzene rings is 1. The average molecular weight is 304 g/mol. The minimum atomic E-state index is -0.285. The highest BCUT2D eigenvalue weighted by molar-refractivity contribution is 7.99. The van der Waals surface area contributed by atoms with Crippen molar-refractivity contribution in [2.75, 3.05) is 30.9 Å². The average Bonchev–Trinajstić information content (AvgIpc) is 2.37. The summed E-state index contributed by atoms with van der Waals surface area (Å²) in [6, 6.07) is 8.06. The highest BCUT2D eigenvalue weighted by Crippen LogP contribution is 2.25. The Balaban J connectivity index is 1.85. The van der Waals surface area contributed by atoms with E-state index in [2.05, 4.69) is 11.9 Å². The van der Waals surface area contributed by atoms with E-state index in [-0.39, 0.29) is 12.1 Å². The number of hydrogen-bond acceptors (Lipinski definition) is 4. The van der Waals surface area contributed by atoms with Crippen molar-refractivity contribution in [1.82, 2.24) is 4.90 Å². The van der Waals surface area contributed by atoms with Crippen LogP contribution in [-0.4, -0.2) is 53.0 Å². The standard InChI is InChI=1S/C13H18ClNOS2/c1-15-5-6-17-8-12(15)13(16)9-18-11-4-2-3-10(14)7-11/h2-4,7,12-13,16H,5-6,8-9H2,1H3. The predicted octanol–water partition coefficient (Wildman–Crippen LogP) is 2.84. The second kappa shape index (κ2) is 7.06. The minimum absolute atomic E-state index is 0.274. The van der Waals surface area contributed by atoms with Crippen LogP contribution in [0, 0.1) is 0 Å². The zero-order chi connectivity index (χ0) is 13.0. The van der Waals surface area contributed by atoms with Crippen molar-refractivity contribution >= 4 is 35.1 Å². The Morgan fingerprint density at radius 1 is 1.61 bits per heavy atom. The van der Waals surface area contributed by atoms with E-state index in [1.165, 1.54) is 5.75 Å². The maximum absolute atomic E-state index is 10.3. The Morgan fingerprint density at radius 2 is 2.44 bits per heavy atom. The molecule has 1 aliphatic rings. The Labute approximate surface area is 122 Å². The zero-order valence-electron chi connectivity index (χ0n) is 10.4. The van der Waals surface area contributed by atoms with Crippen LogP contribution in [0.2, 0.25) is 5.02 Å². The molecule has 0 aliphatic carbocycles. The van der Waals surface area contributed by atoms with Gasteiger partial charge in [0.15, 0.2) is 0 Å². The van der Waals surface area contributed by atoms with Gasteiger partial charge in [-0.2, -0.15) is 11.8 Å². The number of rotatable bonds is 4. The number of aliphatic hydroxyl groups is 1. The molecule has 5 heteroatoms. The van der Waals surface area contributed by atoms with Crippen LogP contribution in [0.4, 0.5) is 0 Å². The van der Waals surface area contributed by atoms with Crippen LogP contribution < -0.4 is 0 Å². The highest BCUT2D eigenvalue weighted by atomic mass is 35.5. The fourth-order valence-electron chi connectivity index (χ4n) is 1.96. The Kier molecular flexibility index (Phi) is 5.70. The summed E-state index contributed by atoms with van der Waals surface area (Å²) in [7, 11) is 2.09. The van der Waals surface area contributed by atoms with Gasteiger partial charge in [0.25, 0.3) is 0 Å². The second-order valence-electron chi connectivity index (χ2n) is 4.46. The molecule has 2 nitrogen and oxygen atoms in total. The van der Waals surface area contributed by atoms with Gasteiger partial charge in [0.1, 0.15) is 0 Å². The molecule has 0 bridgehead atoms. The van der Waals surface area contributed by atoms with Crippen molar-refractivity contribution in [3.05, 3.63) is 29.3 Å². The van der Waals surface area contributed by atoms with Gasteiger partial charge in [0.2, 0.25) is 0 Å². The van der Waals surface area contributed by atoms with Crippen LogP contribution in [-0.2, 0) is 0 Å². The quantitative estimate of drug-likeness (QED) is 0.864. The zero-order valence-corrected chi connectivity index (χ0v) is 12.8. The number of thioether (sulfide) groups is 2. The molecule has 0 saturated carbocycles. The van der Waals surface area contributed by atoms with Crippen LogP contribution in [0.5, 0.6) is 0 Å². The van der Waals surface area contributed by atoms with Gasteiger partial charge in [-0.3, -0.25) is 4.90 Å². The van der Waals surface area contributed by atoms with Crippen LogP contribution in [0.1, 0.15) is 0 Å². The summed E-state index contributed by atoms with van der Waals surface area (Å²) in [6.45, 7) is 1.06. The molecule has 100 valence electrons. The summed E-state index contributed by atoms with van der Waals surface area (Å²) in [6.07, 6.45) is -0.285. The lowest BCUT2D eigenvalue weighted by atomic mass is 10.2. The van der Waals surface area contributed by atoms with E-state index >= 15 is 0 Å². The first-order chi connectivity index (χ1) is 8.66. The molecule has 2 atom stereocenters. The molecule has 2 unspecified atom stereocenters. The van der Waals surface area contributed by atoms with E-state index in [0.29, 0.717) is 0 Å². The summed E-state index contributed by atoms with van der Waals surface area (Å²) in [5.41, 5.74) is 0. The Bertz CT molecular complexity index is 391. The first kappa shape index (κ1) is 14.5. The molecule has 1 N–H and O–H groups in total. The van der Waals surface area contributed by atoms with Crippen molar-refractivity contribution in [3.8, 4) is 0 Å². The Hall–Kier alpha value is 0.130. The summed E-state index contributed by atoms with van der Waals surface area (Å²) in [4.78, 5) is 3.38. The van der Waals surface area contributed by atoms with Crippen LogP contribution in [0.25, 0.3) is 0 Å². The van der Waals surface area contributed by atoms with E-state index in [1.54, 1.807) is 11.8 Å². The van der Waals surface area contributed by atoms with E-state index in [9.17, 15) is 5.11 Å². The summed E-state index contributed by atoms with van der Waals surface area (Å²) in [5, 5.41) is 11.0. The molecule has 1 heterocycles. The van der Waals surface area contributed by atoms with Gasteiger partial charge in [-0.25, -0.2) is 0 Å². The number of halogens is 1. The molecular weight excluding hydrogens is 286 g/mol. The van der Waals surface area contributed by atoms with E-state index < -0.39 is 0 Å². The fourth-order valence-corrected chi connectivity index (χ4v) is 4.49. The van der Waals surface area contributed by atoms with Crippen molar-refractivity contribution in [1.29, 1.82) is 0 Å². The molecule has 1 fully saturated rings. The molecule has 0 amide bonds. The second-order valence-corrected chi connectivity index (χ2v) is 7.14. The highest BCUT2D eigenvalue weighted by Gasteiger charge is 2.26. The van der Waals surface area contributed by atoms with Gasteiger partial charge in [0.05, 0.1) is 6.10 Å². The van der Waals surface area contributed by atoms with E-state index in [4.69, 9.17) is 11.6 Å². The lowest BCUT2D eigenvalue weighted by Gasteiger charge is -2.35. The molecule has 0 aromatic heterocycles. The van der Waals surface area contributed by atoms with Crippen molar-refractivity contribution in [3.63, 3.8) is 0 Å². The first-order valence-electron chi connectivity index (χ1n) is 6.01. The molecule has 1 aromatic rings. The smallest absolute Gasteiger partial charge is 0.0797 e. The number of likely N-dealkylation sites (N-methyl/N-ethyl adjacent to an activating group) is 1.